The van der Waals surface area contributed by atoms with Crippen LogP contribution in [0.3, 0.4) is 0 Å². The first-order valence-corrected chi connectivity index (χ1v) is 7.26. The van der Waals surface area contributed by atoms with Gasteiger partial charge in [-0.2, -0.15) is 0 Å². The summed E-state index contributed by atoms with van der Waals surface area (Å²) < 4.78 is 19.1. The summed E-state index contributed by atoms with van der Waals surface area (Å²) in [5.74, 6) is 0.866. The maximum atomic E-state index is 13.2. The standard InChI is InChI=1S/C16H18FN3O/c17-13-5-3-4-12(8-13)16-19-10-15(11-20-16)21-14-6-1-2-7-18-9-14/h3-5,8,10-11,14,18H,1-2,6-7,9H2. The average Bonchev–Trinajstić information content (AvgIpc) is 2.77. The predicted molar refractivity (Wildman–Crippen MR) is 78.6 cm³/mol. The molecule has 1 unspecified atom stereocenters. The molecule has 1 aliphatic rings. The Balaban J connectivity index is 1.69. The van der Waals surface area contributed by atoms with Gasteiger partial charge in [0.1, 0.15) is 11.9 Å². The Morgan fingerprint density at radius 1 is 1.19 bits per heavy atom. The molecule has 1 fully saturated rings. The Morgan fingerprint density at radius 3 is 2.86 bits per heavy atom. The zero-order chi connectivity index (χ0) is 14.5. The lowest BCUT2D eigenvalue weighted by Crippen LogP contribution is -2.29. The van der Waals surface area contributed by atoms with Gasteiger partial charge in [-0.05, 0) is 37.9 Å². The van der Waals surface area contributed by atoms with Crippen molar-refractivity contribution in [2.24, 2.45) is 0 Å². The fourth-order valence-corrected chi connectivity index (χ4v) is 2.43. The molecule has 1 atom stereocenters. The summed E-state index contributed by atoms with van der Waals surface area (Å²) in [6, 6.07) is 6.26. The molecule has 0 amide bonds. The lowest BCUT2D eigenvalue weighted by atomic mass is 10.2. The van der Waals surface area contributed by atoms with Crippen LogP contribution in [0.15, 0.2) is 36.7 Å². The van der Waals surface area contributed by atoms with Crippen LogP contribution in [0, 0.1) is 5.82 Å². The highest BCUT2D eigenvalue weighted by Crippen LogP contribution is 2.19. The monoisotopic (exact) mass is 287 g/mol. The van der Waals surface area contributed by atoms with E-state index in [0.717, 1.165) is 19.5 Å². The van der Waals surface area contributed by atoms with Crippen LogP contribution in [0.1, 0.15) is 19.3 Å². The number of ether oxygens (including phenoxy) is 1. The van der Waals surface area contributed by atoms with E-state index >= 15 is 0 Å². The van der Waals surface area contributed by atoms with Crippen molar-refractivity contribution in [3.05, 3.63) is 42.5 Å². The van der Waals surface area contributed by atoms with Gasteiger partial charge in [-0.3, -0.25) is 0 Å². The van der Waals surface area contributed by atoms with E-state index in [4.69, 9.17) is 4.74 Å². The van der Waals surface area contributed by atoms with Crippen molar-refractivity contribution >= 4 is 0 Å². The summed E-state index contributed by atoms with van der Waals surface area (Å²) in [5.41, 5.74) is 0.665. The minimum absolute atomic E-state index is 0.163. The largest absolute Gasteiger partial charge is 0.486 e. The molecule has 0 bridgehead atoms. The zero-order valence-corrected chi connectivity index (χ0v) is 11.8. The molecule has 1 aromatic carbocycles. The van der Waals surface area contributed by atoms with E-state index in [0.29, 0.717) is 17.1 Å². The first-order chi connectivity index (χ1) is 10.3. The number of halogens is 1. The number of rotatable bonds is 3. The second-order valence-corrected chi connectivity index (χ2v) is 5.19. The van der Waals surface area contributed by atoms with E-state index in [1.165, 1.54) is 25.0 Å². The number of hydrogen-bond donors (Lipinski definition) is 1. The second kappa shape index (κ2) is 6.63. The van der Waals surface area contributed by atoms with Crippen LogP contribution in [0.4, 0.5) is 4.39 Å². The van der Waals surface area contributed by atoms with Gasteiger partial charge in [0.05, 0.1) is 12.4 Å². The van der Waals surface area contributed by atoms with E-state index in [2.05, 4.69) is 15.3 Å². The van der Waals surface area contributed by atoms with Crippen LogP contribution in [-0.2, 0) is 0 Å². The Kier molecular flexibility index (Phi) is 4.40. The molecule has 0 radical (unpaired) electrons. The molecule has 0 aliphatic carbocycles. The summed E-state index contributed by atoms with van der Waals surface area (Å²) in [6.07, 6.45) is 6.86. The van der Waals surface area contributed by atoms with Gasteiger partial charge in [-0.1, -0.05) is 12.1 Å². The van der Waals surface area contributed by atoms with Gasteiger partial charge in [0.15, 0.2) is 11.6 Å². The van der Waals surface area contributed by atoms with Crippen LogP contribution in [0.2, 0.25) is 0 Å². The molecule has 1 N–H and O–H groups in total. The maximum Gasteiger partial charge on any atom is 0.159 e. The first-order valence-electron chi connectivity index (χ1n) is 7.26. The minimum Gasteiger partial charge on any atom is -0.486 e. The lowest BCUT2D eigenvalue weighted by molar-refractivity contribution is 0.193. The molecule has 1 aromatic heterocycles. The van der Waals surface area contributed by atoms with E-state index in [9.17, 15) is 4.39 Å². The van der Waals surface area contributed by atoms with Crippen LogP contribution in [0.5, 0.6) is 5.75 Å². The first kappa shape index (κ1) is 13.9. The normalized spacial score (nSPS) is 19.0. The molecule has 110 valence electrons. The second-order valence-electron chi connectivity index (χ2n) is 5.19. The van der Waals surface area contributed by atoms with E-state index in [1.54, 1.807) is 24.5 Å². The van der Waals surface area contributed by atoms with Crippen molar-refractivity contribution < 1.29 is 9.13 Å². The third-order valence-electron chi connectivity index (χ3n) is 3.52. The van der Waals surface area contributed by atoms with Gasteiger partial charge in [0.25, 0.3) is 0 Å². The van der Waals surface area contributed by atoms with Crippen LogP contribution < -0.4 is 10.1 Å². The van der Waals surface area contributed by atoms with Gasteiger partial charge in [-0.15, -0.1) is 0 Å². The lowest BCUT2D eigenvalue weighted by Gasteiger charge is -2.16. The molecule has 2 heterocycles. The Bertz CT molecular complexity index is 580. The number of aromatic nitrogens is 2. The molecule has 1 aliphatic heterocycles. The van der Waals surface area contributed by atoms with Crippen LogP contribution in [-0.4, -0.2) is 29.2 Å². The Morgan fingerprint density at radius 2 is 2.05 bits per heavy atom. The molecule has 0 saturated carbocycles. The summed E-state index contributed by atoms with van der Waals surface area (Å²) in [4.78, 5) is 8.51. The minimum atomic E-state index is -0.291. The number of hydrogen-bond acceptors (Lipinski definition) is 4. The molecule has 2 aromatic rings. The van der Waals surface area contributed by atoms with Gasteiger partial charge in [0.2, 0.25) is 0 Å². The van der Waals surface area contributed by atoms with E-state index in [1.807, 2.05) is 0 Å². The maximum absolute atomic E-state index is 13.2. The quantitative estimate of drug-likeness (QED) is 0.943. The fourth-order valence-electron chi connectivity index (χ4n) is 2.43. The third kappa shape index (κ3) is 3.76. The van der Waals surface area contributed by atoms with Crippen molar-refractivity contribution in [2.75, 3.05) is 13.1 Å². The summed E-state index contributed by atoms with van der Waals surface area (Å²) >= 11 is 0. The summed E-state index contributed by atoms with van der Waals surface area (Å²) in [6.45, 7) is 1.90. The Labute approximate surface area is 123 Å². The fraction of sp³-hybridized carbons (Fsp3) is 0.375. The predicted octanol–water partition coefficient (Wildman–Crippen LogP) is 2.80. The highest BCUT2D eigenvalue weighted by Gasteiger charge is 2.13. The zero-order valence-electron chi connectivity index (χ0n) is 11.8. The molecular formula is C16H18FN3O. The number of nitrogens with zero attached hydrogens (tertiary/aromatic N) is 2. The van der Waals surface area contributed by atoms with Gasteiger partial charge < -0.3 is 10.1 Å². The number of nitrogens with one attached hydrogen (secondary N) is 1. The molecule has 0 spiro atoms. The summed E-state index contributed by atoms with van der Waals surface area (Å²) in [7, 11) is 0. The average molecular weight is 287 g/mol. The van der Waals surface area contributed by atoms with Crippen molar-refractivity contribution in [3.8, 4) is 17.1 Å². The van der Waals surface area contributed by atoms with Crippen LogP contribution >= 0.6 is 0 Å². The highest BCUT2D eigenvalue weighted by atomic mass is 19.1. The SMILES string of the molecule is Fc1cccc(-c2ncc(OC3CCCCNC3)cn2)c1. The Hall–Kier alpha value is -2.01. The molecule has 21 heavy (non-hydrogen) atoms. The topological polar surface area (TPSA) is 47.0 Å². The van der Waals surface area contributed by atoms with Gasteiger partial charge in [-0.25, -0.2) is 14.4 Å². The van der Waals surface area contributed by atoms with Crippen molar-refractivity contribution in [3.63, 3.8) is 0 Å². The van der Waals surface area contributed by atoms with Crippen molar-refractivity contribution in [1.29, 1.82) is 0 Å². The van der Waals surface area contributed by atoms with Crippen molar-refractivity contribution in [1.82, 2.24) is 15.3 Å². The number of benzene rings is 1. The van der Waals surface area contributed by atoms with Crippen molar-refractivity contribution in [2.45, 2.75) is 25.4 Å². The smallest absolute Gasteiger partial charge is 0.159 e. The van der Waals surface area contributed by atoms with Crippen LogP contribution in [0.25, 0.3) is 11.4 Å². The van der Waals surface area contributed by atoms with Gasteiger partial charge >= 0.3 is 0 Å². The third-order valence-corrected chi connectivity index (χ3v) is 3.52. The molecule has 1 saturated heterocycles. The van der Waals surface area contributed by atoms with Gasteiger partial charge in [0, 0.05) is 12.1 Å². The van der Waals surface area contributed by atoms with E-state index in [-0.39, 0.29) is 11.9 Å². The molecule has 3 rings (SSSR count). The highest BCUT2D eigenvalue weighted by molar-refractivity contribution is 5.54. The van der Waals surface area contributed by atoms with E-state index < -0.39 is 0 Å². The molecule has 5 heteroatoms. The summed E-state index contributed by atoms with van der Waals surface area (Å²) in [5, 5.41) is 3.35. The molecule has 4 nitrogen and oxygen atoms in total. The molecular weight excluding hydrogens is 269 g/mol.